The predicted molar refractivity (Wildman–Crippen MR) is 60.9 cm³/mol. The fourth-order valence-corrected chi connectivity index (χ4v) is 3.61. The number of nitrogens with zero attached hydrogens (tertiary/aromatic N) is 2. The van der Waals surface area contributed by atoms with Crippen molar-refractivity contribution in [3.8, 4) is 0 Å². The Bertz CT molecular complexity index is 342. The molecule has 2 nitrogen and oxygen atoms in total. The largest absolute Gasteiger partial charge is 0.303 e. The van der Waals surface area contributed by atoms with E-state index >= 15 is 0 Å². The fourth-order valence-electron chi connectivity index (χ4n) is 2.26. The minimum Gasteiger partial charge on any atom is -0.303 e. The van der Waals surface area contributed by atoms with Crippen LogP contribution in [-0.4, -0.2) is 21.0 Å². The SMILES string of the molecule is c1ccn(C2=NC3CCCCC3S2)c1. The predicted octanol–water partition coefficient (Wildman–Crippen LogP) is 2.75. The lowest BCUT2D eigenvalue weighted by molar-refractivity contribution is 0.461. The second-order valence-electron chi connectivity index (χ2n) is 4.01. The molecule has 1 aromatic heterocycles. The molecule has 2 unspecified atom stereocenters. The standard InChI is InChI=1S/C11H14N2S/c1-2-6-10-9(5-1)12-11(14-10)13-7-3-4-8-13/h3-4,7-10H,1-2,5-6H2. The van der Waals surface area contributed by atoms with Crippen molar-refractivity contribution in [2.24, 2.45) is 4.99 Å². The van der Waals surface area contributed by atoms with E-state index in [0.717, 1.165) is 5.25 Å². The summed E-state index contributed by atoms with van der Waals surface area (Å²) in [5.74, 6) is 0. The van der Waals surface area contributed by atoms with Gasteiger partial charge < -0.3 is 4.57 Å². The quantitative estimate of drug-likeness (QED) is 0.638. The smallest absolute Gasteiger partial charge is 0.168 e. The summed E-state index contributed by atoms with van der Waals surface area (Å²) in [6.07, 6.45) is 9.57. The lowest BCUT2D eigenvalue weighted by Gasteiger charge is -2.21. The molecule has 74 valence electrons. The Labute approximate surface area is 88.4 Å². The van der Waals surface area contributed by atoms with Crippen LogP contribution >= 0.6 is 11.8 Å². The second kappa shape index (κ2) is 3.46. The first-order chi connectivity index (χ1) is 6.93. The molecule has 3 rings (SSSR count). The van der Waals surface area contributed by atoms with Crippen molar-refractivity contribution in [1.82, 2.24) is 4.57 Å². The topological polar surface area (TPSA) is 17.3 Å². The first-order valence-electron chi connectivity index (χ1n) is 5.31. The molecule has 1 aliphatic heterocycles. The molecule has 2 atom stereocenters. The summed E-state index contributed by atoms with van der Waals surface area (Å²) < 4.78 is 2.14. The molecule has 1 aromatic rings. The summed E-state index contributed by atoms with van der Waals surface area (Å²) >= 11 is 1.97. The van der Waals surface area contributed by atoms with Crippen LogP contribution in [0.15, 0.2) is 29.5 Å². The summed E-state index contributed by atoms with van der Waals surface area (Å²) in [6.45, 7) is 0. The maximum Gasteiger partial charge on any atom is 0.168 e. The van der Waals surface area contributed by atoms with Crippen molar-refractivity contribution >= 4 is 16.9 Å². The number of fused-ring (bicyclic) bond motifs is 1. The van der Waals surface area contributed by atoms with Gasteiger partial charge in [0, 0.05) is 17.6 Å². The van der Waals surface area contributed by atoms with E-state index in [4.69, 9.17) is 4.99 Å². The minimum atomic E-state index is 0.603. The maximum absolute atomic E-state index is 4.80. The molecule has 2 aliphatic rings. The Morgan fingerprint density at radius 3 is 2.79 bits per heavy atom. The molecule has 14 heavy (non-hydrogen) atoms. The van der Waals surface area contributed by atoms with Crippen LogP contribution in [0.5, 0.6) is 0 Å². The van der Waals surface area contributed by atoms with Crippen molar-refractivity contribution < 1.29 is 0 Å². The average Bonchev–Trinajstić information content (AvgIpc) is 2.86. The van der Waals surface area contributed by atoms with E-state index in [9.17, 15) is 0 Å². The molecule has 3 heteroatoms. The third-order valence-corrected chi connectivity index (χ3v) is 4.41. The molecule has 0 spiro atoms. The van der Waals surface area contributed by atoms with E-state index < -0.39 is 0 Å². The van der Waals surface area contributed by atoms with Gasteiger partial charge in [0.05, 0.1) is 6.04 Å². The summed E-state index contributed by atoms with van der Waals surface area (Å²) in [4.78, 5) is 4.80. The second-order valence-corrected chi connectivity index (χ2v) is 5.22. The van der Waals surface area contributed by atoms with Crippen LogP contribution < -0.4 is 0 Å². The van der Waals surface area contributed by atoms with Gasteiger partial charge in [0.25, 0.3) is 0 Å². The van der Waals surface area contributed by atoms with E-state index in [0.29, 0.717) is 6.04 Å². The van der Waals surface area contributed by atoms with Crippen molar-refractivity contribution in [1.29, 1.82) is 0 Å². The monoisotopic (exact) mass is 206 g/mol. The van der Waals surface area contributed by atoms with Crippen LogP contribution in [0.3, 0.4) is 0 Å². The molecule has 1 fully saturated rings. The van der Waals surface area contributed by atoms with Crippen molar-refractivity contribution in [2.75, 3.05) is 0 Å². The van der Waals surface area contributed by atoms with Crippen LogP contribution in [0.2, 0.25) is 0 Å². The Morgan fingerprint density at radius 2 is 2.00 bits per heavy atom. The van der Waals surface area contributed by atoms with Crippen LogP contribution in [0, 0.1) is 0 Å². The Balaban J connectivity index is 1.83. The van der Waals surface area contributed by atoms with E-state index in [1.807, 2.05) is 11.8 Å². The minimum absolute atomic E-state index is 0.603. The lowest BCUT2D eigenvalue weighted by Crippen LogP contribution is -2.21. The first-order valence-corrected chi connectivity index (χ1v) is 6.19. The molecule has 0 amide bonds. The van der Waals surface area contributed by atoms with Crippen molar-refractivity contribution in [2.45, 2.75) is 37.0 Å². The first kappa shape index (κ1) is 8.60. The number of aromatic nitrogens is 1. The number of rotatable bonds is 0. The van der Waals surface area contributed by atoms with Crippen LogP contribution in [0.25, 0.3) is 0 Å². The molecule has 1 aliphatic carbocycles. The molecular formula is C11H14N2S. The highest BCUT2D eigenvalue weighted by molar-refractivity contribution is 8.14. The third kappa shape index (κ3) is 1.40. The van der Waals surface area contributed by atoms with Gasteiger partial charge in [0.2, 0.25) is 0 Å². The third-order valence-electron chi connectivity index (χ3n) is 3.03. The van der Waals surface area contributed by atoms with Gasteiger partial charge in [-0.15, -0.1) is 0 Å². The molecule has 1 saturated carbocycles. The highest BCUT2D eigenvalue weighted by Crippen LogP contribution is 2.37. The van der Waals surface area contributed by atoms with Gasteiger partial charge in [0.15, 0.2) is 5.17 Å². The Kier molecular flexibility index (Phi) is 2.13. The highest BCUT2D eigenvalue weighted by atomic mass is 32.2. The van der Waals surface area contributed by atoms with Gasteiger partial charge >= 0.3 is 0 Å². The average molecular weight is 206 g/mol. The van der Waals surface area contributed by atoms with Crippen molar-refractivity contribution in [3.05, 3.63) is 24.5 Å². The number of thioether (sulfide) groups is 1. The number of aliphatic imine (C=N–C) groups is 1. The van der Waals surface area contributed by atoms with Gasteiger partial charge in [0.1, 0.15) is 0 Å². The van der Waals surface area contributed by atoms with E-state index in [1.165, 1.54) is 30.9 Å². The fraction of sp³-hybridized carbons (Fsp3) is 0.545. The Morgan fingerprint density at radius 1 is 1.21 bits per heavy atom. The maximum atomic E-state index is 4.80. The highest BCUT2D eigenvalue weighted by Gasteiger charge is 2.32. The summed E-state index contributed by atoms with van der Waals surface area (Å²) in [6, 6.07) is 4.72. The Hall–Kier alpha value is -0.700. The number of hydrogen-bond donors (Lipinski definition) is 0. The molecule has 0 aromatic carbocycles. The molecular weight excluding hydrogens is 192 g/mol. The zero-order valence-electron chi connectivity index (χ0n) is 8.10. The van der Waals surface area contributed by atoms with Crippen LogP contribution in [0.4, 0.5) is 0 Å². The molecule has 0 saturated heterocycles. The zero-order chi connectivity index (χ0) is 9.38. The summed E-state index contributed by atoms with van der Waals surface area (Å²) in [7, 11) is 0. The van der Waals surface area contributed by atoms with Crippen molar-refractivity contribution in [3.63, 3.8) is 0 Å². The summed E-state index contributed by atoms with van der Waals surface area (Å²) in [5, 5.41) is 1.97. The normalized spacial score (nSPS) is 31.3. The van der Waals surface area contributed by atoms with Crippen LogP contribution in [0.1, 0.15) is 25.7 Å². The molecule has 0 N–H and O–H groups in total. The summed E-state index contributed by atoms with van der Waals surface area (Å²) in [5.41, 5.74) is 0. The van der Waals surface area contributed by atoms with E-state index in [-0.39, 0.29) is 0 Å². The molecule has 2 heterocycles. The molecule has 0 radical (unpaired) electrons. The van der Waals surface area contributed by atoms with E-state index in [1.54, 1.807) is 0 Å². The zero-order valence-corrected chi connectivity index (χ0v) is 8.91. The van der Waals surface area contributed by atoms with Gasteiger partial charge in [-0.1, -0.05) is 24.6 Å². The van der Waals surface area contributed by atoms with Gasteiger partial charge in [-0.25, -0.2) is 0 Å². The van der Waals surface area contributed by atoms with Gasteiger partial charge in [-0.05, 0) is 25.0 Å². The van der Waals surface area contributed by atoms with Crippen LogP contribution in [-0.2, 0) is 0 Å². The lowest BCUT2D eigenvalue weighted by atomic mass is 9.96. The molecule has 0 bridgehead atoms. The number of hydrogen-bond acceptors (Lipinski definition) is 2. The van der Waals surface area contributed by atoms with E-state index in [2.05, 4.69) is 29.1 Å². The van der Waals surface area contributed by atoms with Gasteiger partial charge in [-0.2, -0.15) is 0 Å². The van der Waals surface area contributed by atoms with Gasteiger partial charge in [-0.3, -0.25) is 4.99 Å².